The molecular weight excluding hydrogens is 490 g/mol. The van der Waals surface area contributed by atoms with Crippen LogP contribution < -0.4 is 9.47 Å². The van der Waals surface area contributed by atoms with E-state index in [4.69, 9.17) is 24.0 Å². The lowest BCUT2D eigenvalue weighted by Crippen LogP contribution is -2.59. The van der Waals surface area contributed by atoms with Crippen molar-refractivity contribution in [2.45, 2.75) is 75.3 Å². The van der Waals surface area contributed by atoms with E-state index in [9.17, 15) is 14.9 Å². The number of non-ortho nitro benzene ring substituents is 1. The van der Waals surface area contributed by atoms with Crippen LogP contribution in [0.1, 0.15) is 69.3 Å². The highest BCUT2D eigenvalue weighted by atomic mass is 17.3. The first kappa shape index (κ1) is 24.1. The molecule has 9 heteroatoms. The van der Waals surface area contributed by atoms with Gasteiger partial charge >= 0.3 is 6.16 Å². The molecule has 4 bridgehead atoms. The highest BCUT2D eigenvalue weighted by molar-refractivity contribution is 5.67. The molecule has 2 spiro atoms. The maximum Gasteiger partial charge on any atom is 0.519 e. The molecule has 1 aliphatic heterocycles. The van der Waals surface area contributed by atoms with Gasteiger partial charge in [-0.1, -0.05) is 12.1 Å². The highest BCUT2D eigenvalue weighted by Crippen LogP contribution is 2.64. The number of hydrogen-bond donors (Lipinski definition) is 0. The van der Waals surface area contributed by atoms with Crippen LogP contribution >= 0.6 is 0 Å². The van der Waals surface area contributed by atoms with Crippen molar-refractivity contribution >= 4 is 11.8 Å². The molecule has 5 aliphatic carbocycles. The second-order valence-electron chi connectivity index (χ2n) is 11.8. The summed E-state index contributed by atoms with van der Waals surface area (Å²) in [5, 5.41) is 10.8. The van der Waals surface area contributed by atoms with Crippen molar-refractivity contribution in [3.63, 3.8) is 0 Å². The van der Waals surface area contributed by atoms with Crippen LogP contribution in [-0.4, -0.2) is 22.7 Å². The average molecular weight is 522 g/mol. The van der Waals surface area contributed by atoms with Crippen LogP contribution in [-0.2, 0) is 14.5 Å². The Kier molecular flexibility index (Phi) is 5.72. The summed E-state index contributed by atoms with van der Waals surface area (Å²) in [4.78, 5) is 34.8. The third-order valence-electron chi connectivity index (χ3n) is 9.41. The van der Waals surface area contributed by atoms with Crippen LogP contribution in [0.25, 0.3) is 0 Å². The quantitative estimate of drug-likeness (QED) is 0.145. The van der Waals surface area contributed by atoms with E-state index in [1.165, 1.54) is 56.4 Å². The van der Waals surface area contributed by atoms with Gasteiger partial charge in [-0.2, -0.15) is 9.78 Å². The Labute approximate surface area is 220 Å². The zero-order valence-electron chi connectivity index (χ0n) is 21.1. The van der Waals surface area contributed by atoms with E-state index in [0.717, 1.165) is 43.1 Å². The largest absolute Gasteiger partial charge is 0.519 e. The Bertz CT molecular complexity index is 1200. The van der Waals surface area contributed by atoms with Gasteiger partial charge in [0.25, 0.3) is 5.69 Å². The smallest absolute Gasteiger partial charge is 0.395 e. The number of ether oxygens (including phenoxy) is 3. The molecule has 0 radical (unpaired) electrons. The summed E-state index contributed by atoms with van der Waals surface area (Å²) in [7, 11) is 0. The van der Waals surface area contributed by atoms with Crippen molar-refractivity contribution in [1.29, 1.82) is 0 Å². The second-order valence-corrected chi connectivity index (χ2v) is 11.8. The standard InChI is InChI=1S/C29H31NO8/c31-27(35-26-9-5-24(6-10-26)30(32)33)34-25-7-3-20(4-8-25)21-2-1-11-28(17-21)36-29(38-37-28)22-13-18-12-19(15-22)16-23(29)14-18/h3-10,18-19,21-23H,1-2,11-17H2. The van der Waals surface area contributed by atoms with E-state index >= 15 is 0 Å². The summed E-state index contributed by atoms with van der Waals surface area (Å²) in [5.74, 6) is 2.08. The van der Waals surface area contributed by atoms with Crippen LogP contribution in [0.4, 0.5) is 10.5 Å². The van der Waals surface area contributed by atoms with Gasteiger partial charge in [0.05, 0.1) is 4.92 Å². The number of nitro groups is 1. The minimum absolute atomic E-state index is 0.0843. The summed E-state index contributed by atoms with van der Waals surface area (Å²) in [6, 6.07) is 12.7. The lowest BCUT2D eigenvalue weighted by molar-refractivity contribution is -0.390. The normalized spacial score (nSPS) is 37.0. The van der Waals surface area contributed by atoms with Gasteiger partial charge in [0.2, 0.25) is 11.6 Å². The molecule has 0 amide bonds. The first-order valence-electron chi connectivity index (χ1n) is 13.7. The average Bonchev–Trinajstić information content (AvgIpc) is 3.27. The molecule has 200 valence electrons. The zero-order chi connectivity index (χ0) is 25.9. The van der Waals surface area contributed by atoms with Crippen molar-refractivity contribution in [3.8, 4) is 11.5 Å². The molecule has 9 nitrogen and oxygen atoms in total. The first-order chi connectivity index (χ1) is 18.4. The Morgan fingerprint density at radius 1 is 0.868 bits per heavy atom. The lowest BCUT2D eigenvalue weighted by Gasteiger charge is -2.57. The minimum atomic E-state index is -0.908. The third-order valence-corrected chi connectivity index (χ3v) is 9.41. The van der Waals surface area contributed by atoms with Crippen LogP contribution in [0.15, 0.2) is 48.5 Å². The van der Waals surface area contributed by atoms with E-state index in [-0.39, 0.29) is 17.4 Å². The summed E-state index contributed by atoms with van der Waals surface area (Å²) in [5.41, 5.74) is 1.05. The molecule has 0 N–H and O–H groups in total. The van der Waals surface area contributed by atoms with Gasteiger partial charge in [0.15, 0.2) is 0 Å². The highest BCUT2D eigenvalue weighted by Gasteiger charge is 2.67. The third kappa shape index (κ3) is 4.17. The van der Waals surface area contributed by atoms with Crippen LogP contribution in [0, 0.1) is 33.8 Å². The van der Waals surface area contributed by atoms with Gasteiger partial charge < -0.3 is 14.2 Å². The number of nitro benzene ring substituents is 1. The molecule has 6 fully saturated rings. The van der Waals surface area contributed by atoms with Gasteiger partial charge in [0, 0.05) is 36.8 Å². The second kappa shape index (κ2) is 9.03. The topological polar surface area (TPSA) is 106 Å². The summed E-state index contributed by atoms with van der Waals surface area (Å²) >= 11 is 0. The molecule has 1 heterocycles. The predicted molar refractivity (Wildman–Crippen MR) is 133 cm³/mol. The number of hydrogen-bond acceptors (Lipinski definition) is 8. The predicted octanol–water partition coefficient (Wildman–Crippen LogP) is 6.66. The summed E-state index contributed by atoms with van der Waals surface area (Å²) < 4.78 is 17.3. The van der Waals surface area contributed by atoms with Crippen LogP contribution in [0.2, 0.25) is 0 Å². The van der Waals surface area contributed by atoms with Crippen molar-refractivity contribution in [1.82, 2.24) is 0 Å². The van der Waals surface area contributed by atoms with E-state index < -0.39 is 22.7 Å². The minimum Gasteiger partial charge on any atom is -0.395 e. The van der Waals surface area contributed by atoms with Crippen LogP contribution in [0.5, 0.6) is 11.5 Å². The molecule has 2 atom stereocenters. The van der Waals surface area contributed by atoms with Crippen molar-refractivity contribution in [2.24, 2.45) is 23.7 Å². The molecule has 2 aromatic rings. The maximum atomic E-state index is 12.2. The first-order valence-corrected chi connectivity index (χ1v) is 13.7. The zero-order valence-corrected chi connectivity index (χ0v) is 21.1. The monoisotopic (exact) mass is 521 g/mol. The Morgan fingerprint density at radius 3 is 2.08 bits per heavy atom. The SMILES string of the molecule is O=C(Oc1ccc(C2CCCC3(C2)OOC2(O3)C3CC4CC(C3)CC2C4)cc1)Oc1ccc([N+](=O)[O-])cc1. The van der Waals surface area contributed by atoms with Gasteiger partial charge in [-0.05, 0) is 92.5 Å². The molecule has 5 saturated carbocycles. The van der Waals surface area contributed by atoms with Crippen molar-refractivity contribution in [3.05, 3.63) is 64.2 Å². The fraction of sp³-hybridized carbons (Fsp3) is 0.552. The molecule has 1 saturated heterocycles. The van der Waals surface area contributed by atoms with Gasteiger partial charge in [-0.25, -0.2) is 4.79 Å². The number of rotatable bonds is 4. The molecule has 8 rings (SSSR count). The summed E-state index contributed by atoms with van der Waals surface area (Å²) in [6.45, 7) is 0. The molecule has 38 heavy (non-hydrogen) atoms. The van der Waals surface area contributed by atoms with Crippen LogP contribution in [0.3, 0.4) is 0 Å². The van der Waals surface area contributed by atoms with E-state index in [1.54, 1.807) is 12.1 Å². The fourth-order valence-corrected chi connectivity index (χ4v) is 7.92. The number of carbonyl (C=O) groups excluding carboxylic acids is 1. The fourth-order valence-electron chi connectivity index (χ4n) is 7.92. The molecule has 2 aromatic carbocycles. The molecule has 0 aromatic heterocycles. The van der Waals surface area contributed by atoms with Crippen molar-refractivity contribution < 1.29 is 33.7 Å². The Balaban J connectivity index is 0.985. The van der Waals surface area contributed by atoms with Gasteiger partial charge in [-0.15, -0.1) is 0 Å². The number of nitrogens with zero attached hydrogens (tertiary/aromatic N) is 1. The van der Waals surface area contributed by atoms with Gasteiger partial charge in [-0.3, -0.25) is 10.1 Å². The molecule has 2 unspecified atom stereocenters. The number of benzene rings is 2. The van der Waals surface area contributed by atoms with E-state index in [1.807, 2.05) is 12.1 Å². The van der Waals surface area contributed by atoms with E-state index in [2.05, 4.69) is 0 Å². The van der Waals surface area contributed by atoms with E-state index in [0.29, 0.717) is 17.6 Å². The number of carbonyl (C=O) groups is 1. The summed E-state index contributed by atoms with van der Waals surface area (Å²) in [6.07, 6.45) is 8.87. The maximum absolute atomic E-state index is 12.2. The molecule has 6 aliphatic rings. The molecular formula is C29H31NO8. The van der Waals surface area contributed by atoms with Crippen molar-refractivity contribution in [2.75, 3.05) is 0 Å². The Hall–Kier alpha value is -3.01. The lowest BCUT2D eigenvalue weighted by atomic mass is 9.53. The Morgan fingerprint density at radius 2 is 1.47 bits per heavy atom. The van der Waals surface area contributed by atoms with Gasteiger partial charge in [0.1, 0.15) is 11.5 Å².